The van der Waals surface area contributed by atoms with Gasteiger partial charge in [-0.15, -0.1) is 0 Å². The fourth-order valence-corrected chi connectivity index (χ4v) is 1.70. The molecular formula is C12H14N2O2. The number of aliphatic carboxylic acids is 1. The molecular weight excluding hydrogens is 204 g/mol. The molecule has 0 unspecified atom stereocenters. The van der Waals surface area contributed by atoms with Crippen molar-refractivity contribution in [3.63, 3.8) is 0 Å². The van der Waals surface area contributed by atoms with Crippen molar-refractivity contribution >= 4 is 16.9 Å². The highest BCUT2D eigenvalue weighted by atomic mass is 16.4. The van der Waals surface area contributed by atoms with Crippen molar-refractivity contribution in [3.05, 3.63) is 36.0 Å². The summed E-state index contributed by atoms with van der Waals surface area (Å²) in [6.45, 7) is 1.19. The van der Waals surface area contributed by atoms with E-state index in [0.29, 0.717) is 13.1 Å². The van der Waals surface area contributed by atoms with E-state index in [1.807, 2.05) is 24.4 Å². The van der Waals surface area contributed by atoms with E-state index in [9.17, 15) is 4.79 Å². The summed E-state index contributed by atoms with van der Waals surface area (Å²) in [5.41, 5.74) is 2.28. The molecule has 0 aliphatic rings. The molecule has 0 atom stereocenters. The fourth-order valence-electron chi connectivity index (χ4n) is 1.70. The van der Waals surface area contributed by atoms with Gasteiger partial charge in [0.2, 0.25) is 0 Å². The quantitative estimate of drug-likeness (QED) is 0.670. The van der Waals surface area contributed by atoms with E-state index in [4.69, 9.17) is 5.11 Å². The molecule has 0 spiro atoms. The first-order valence-corrected chi connectivity index (χ1v) is 5.25. The molecule has 16 heavy (non-hydrogen) atoms. The summed E-state index contributed by atoms with van der Waals surface area (Å²) in [5, 5.41) is 12.8. The molecule has 0 saturated heterocycles. The zero-order valence-electron chi connectivity index (χ0n) is 8.86. The van der Waals surface area contributed by atoms with E-state index in [1.165, 1.54) is 10.9 Å². The number of H-pyrrole nitrogens is 1. The van der Waals surface area contributed by atoms with Gasteiger partial charge in [0, 0.05) is 30.2 Å². The van der Waals surface area contributed by atoms with Crippen molar-refractivity contribution in [2.75, 3.05) is 6.54 Å². The van der Waals surface area contributed by atoms with Crippen LogP contribution in [0.1, 0.15) is 12.0 Å². The predicted octanol–water partition coefficient (Wildman–Crippen LogP) is 1.73. The summed E-state index contributed by atoms with van der Waals surface area (Å²) in [5.74, 6) is -0.772. The fraction of sp³-hybridized carbons (Fsp3) is 0.250. The third-order valence-corrected chi connectivity index (χ3v) is 2.51. The first-order chi connectivity index (χ1) is 7.77. The Morgan fingerprint density at radius 3 is 3.00 bits per heavy atom. The van der Waals surface area contributed by atoms with Crippen LogP contribution in [0.2, 0.25) is 0 Å². The molecule has 84 valence electrons. The summed E-state index contributed by atoms with van der Waals surface area (Å²) < 4.78 is 0. The summed E-state index contributed by atoms with van der Waals surface area (Å²) in [6.07, 6.45) is 2.11. The highest BCUT2D eigenvalue weighted by Gasteiger charge is 2.02. The minimum Gasteiger partial charge on any atom is -0.481 e. The zero-order chi connectivity index (χ0) is 11.4. The number of nitrogens with one attached hydrogen (secondary N) is 2. The molecule has 2 rings (SSSR count). The molecule has 0 amide bonds. The van der Waals surface area contributed by atoms with Crippen LogP contribution in [-0.2, 0) is 11.3 Å². The van der Waals surface area contributed by atoms with Gasteiger partial charge in [-0.25, -0.2) is 0 Å². The van der Waals surface area contributed by atoms with Crippen molar-refractivity contribution in [1.29, 1.82) is 0 Å². The molecule has 0 radical (unpaired) electrons. The third kappa shape index (κ3) is 2.41. The van der Waals surface area contributed by atoms with Gasteiger partial charge in [-0.1, -0.05) is 18.2 Å². The maximum atomic E-state index is 10.3. The Labute approximate surface area is 93.3 Å². The summed E-state index contributed by atoms with van der Waals surface area (Å²) in [7, 11) is 0. The number of carboxylic acid groups (broad SMARTS) is 1. The van der Waals surface area contributed by atoms with Crippen LogP contribution in [0.3, 0.4) is 0 Å². The van der Waals surface area contributed by atoms with E-state index in [1.54, 1.807) is 0 Å². The van der Waals surface area contributed by atoms with E-state index in [2.05, 4.69) is 16.4 Å². The lowest BCUT2D eigenvalue weighted by molar-refractivity contribution is -0.136. The molecule has 0 aliphatic carbocycles. The van der Waals surface area contributed by atoms with Gasteiger partial charge in [0.1, 0.15) is 0 Å². The SMILES string of the molecule is O=C(O)CCNCc1c[nH]c2ccccc12. The number of benzene rings is 1. The minimum atomic E-state index is -0.772. The monoisotopic (exact) mass is 218 g/mol. The van der Waals surface area contributed by atoms with Gasteiger partial charge in [-0.05, 0) is 11.6 Å². The molecule has 3 N–H and O–H groups in total. The molecule has 2 aromatic rings. The summed E-state index contributed by atoms with van der Waals surface area (Å²) >= 11 is 0. The van der Waals surface area contributed by atoms with Gasteiger partial charge in [-0.3, -0.25) is 4.79 Å². The van der Waals surface area contributed by atoms with Gasteiger partial charge >= 0.3 is 5.97 Å². The van der Waals surface area contributed by atoms with Crippen molar-refractivity contribution in [3.8, 4) is 0 Å². The third-order valence-electron chi connectivity index (χ3n) is 2.51. The van der Waals surface area contributed by atoms with Crippen LogP contribution in [0.25, 0.3) is 10.9 Å². The number of hydrogen-bond acceptors (Lipinski definition) is 2. The number of aromatic amines is 1. The Hall–Kier alpha value is -1.81. The largest absolute Gasteiger partial charge is 0.481 e. The Morgan fingerprint density at radius 2 is 2.19 bits per heavy atom. The van der Waals surface area contributed by atoms with Gasteiger partial charge in [0.05, 0.1) is 6.42 Å². The number of carboxylic acids is 1. The van der Waals surface area contributed by atoms with Crippen LogP contribution in [0.5, 0.6) is 0 Å². The molecule has 0 saturated carbocycles. The smallest absolute Gasteiger partial charge is 0.304 e. The second-order valence-corrected chi connectivity index (χ2v) is 3.68. The lowest BCUT2D eigenvalue weighted by Crippen LogP contribution is -2.17. The van der Waals surface area contributed by atoms with Crippen molar-refractivity contribution < 1.29 is 9.90 Å². The number of fused-ring (bicyclic) bond motifs is 1. The molecule has 0 fully saturated rings. The van der Waals surface area contributed by atoms with Crippen LogP contribution < -0.4 is 5.32 Å². The maximum absolute atomic E-state index is 10.3. The number of carbonyl (C=O) groups is 1. The molecule has 0 bridgehead atoms. The molecule has 4 heteroatoms. The Morgan fingerprint density at radius 1 is 1.38 bits per heavy atom. The second kappa shape index (κ2) is 4.81. The maximum Gasteiger partial charge on any atom is 0.304 e. The second-order valence-electron chi connectivity index (χ2n) is 3.68. The van der Waals surface area contributed by atoms with Gasteiger partial charge in [-0.2, -0.15) is 0 Å². The first kappa shape index (κ1) is 10.7. The molecule has 1 heterocycles. The zero-order valence-corrected chi connectivity index (χ0v) is 8.86. The highest BCUT2D eigenvalue weighted by Crippen LogP contribution is 2.16. The summed E-state index contributed by atoms with van der Waals surface area (Å²) in [6, 6.07) is 8.06. The topological polar surface area (TPSA) is 65.1 Å². The van der Waals surface area contributed by atoms with Crippen LogP contribution >= 0.6 is 0 Å². The van der Waals surface area contributed by atoms with Crippen LogP contribution in [0.4, 0.5) is 0 Å². The number of para-hydroxylation sites is 1. The van der Waals surface area contributed by atoms with Crippen LogP contribution in [0.15, 0.2) is 30.5 Å². The molecule has 1 aromatic heterocycles. The first-order valence-electron chi connectivity index (χ1n) is 5.25. The summed E-state index contributed by atoms with van der Waals surface area (Å²) in [4.78, 5) is 13.5. The molecule has 0 aliphatic heterocycles. The van der Waals surface area contributed by atoms with Crippen molar-refractivity contribution in [2.24, 2.45) is 0 Å². The standard InChI is InChI=1S/C12H14N2O2/c15-12(16)5-6-13-7-9-8-14-11-4-2-1-3-10(9)11/h1-4,8,13-14H,5-7H2,(H,15,16). The number of hydrogen-bond donors (Lipinski definition) is 3. The lowest BCUT2D eigenvalue weighted by Gasteiger charge is -2.01. The Balaban J connectivity index is 1.97. The highest BCUT2D eigenvalue weighted by molar-refractivity contribution is 5.82. The van der Waals surface area contributed by atoms with E-state index >= 15 is 0 Å². The van der Waals surface area contributed by atoms with E-state index < -0.39 is 5.97 Å². The molecule has 1 aromatic carbocycles. The van der Waals surface area contributed by atoms with Crippen LogP contribution in [-0.4, -0.2) is 22.6 Å². The van der Waals surface area contributed by atoms with Crippen molar-refractivity contribution in [2.45, 2.75) is 13.0 Å². The van der Waals surface area contributed by atoms with Gasteiger partial charge in [0.25, 0.3) is 0 Å². The Bertz CT molecular complexity index is 490. The van der Waals surface area contributed by atoms with Crippen LogP contribution in [0, 0.1) is 0 Å². The van der Waals surface area contributed by atoms with Gasteiger partial charge < -0.3 is 15.4 Å². The number of rotatable bonds is 5. The Kier molecular flexibility index (Phi) is 3.22. The minimum absolute atomic E-state index is 0.155. The average Bonchev–Trinajstić information content (AvgIpc) is 2.68. The van der Waals surface area contributed by atoms with E-state index in [-0.39, 0.29) is 6.42 Å². The number of aromatic nitrogens is 1. The molecule has 4 nitrogen and oxygen atoms in total. The van der Waals surface area contributed by atoms with Gasteiger partial charge in [0.15, 0.2) is 0 Å². The predicted molar refractivity (Wildman–Crippen MR) is 62.3 cm³/mol. The van der Waals surface area contributed by atoms with Crippen molar-refractivity contribution in [1.82, 2.24) is 10.3 Å². The van der Waals surface area contributed by atoms with E-state index in [0.717, 1.165) is 5.52 Å². The lowest BCUT2D eigenvalue weighted by atomic mass is 10.2. The normalized spacial score (nSPS) is 10.8. The average molecular weight is 218 g/mol.